The summed E-state index contributed by atoms with van der Waals surface area (Å²) in [6.07, 6.45) is -1.69. The van der Waals surface area contributed by atoms with Crippen molar-refractivity contribution in [1.82, 2.24) is 0 Å². The molecule has 0 spiro atoms. The highest BCUT2D eigenvalue weighted by Gasteiger charge is 2.35. The molecule has 22 heavy (non-hydrogen) atoms. The van der Waals surface area contributed by atoms with Gasteiger partial charge in [-0.1, -0.05) is 0 Å². The highest BCUT2D eigenvalue weighted by Crippen LogP contribution is 2.34. The molecule has 0 aliphatic carbocycles. The minimum absolute atomic E-state index is 0.0421. The van der Waals surface area contributed by atoms with Gasteiger partial charge in [-0.15, -0.1) is 0 Å². The lowest BCUT2D eigenvalue weighted by Gasteiger charge is -2.19. The van der Waals surface area contributed by atoms with Gasteiger partial charge in [0.15, 0.2) is 12.7 Å². The molecule has 3 rings (SSSR count). The second-order valence-corrected chi connectivity index (χ2v) is 6.01. The Morgan fingerprint density at radius 2 is 2.09 bits per heavy atom. The number of hydrogen-bond donors (Lipinski definition) is 0. The van der Waals surface area contributed by atoms with Crippen molar-refractivity contribution in [1.29, 1.82) is 0 Å². The average molecular weight is 423 g/mol. The standard InChI is InChI=1S/C13H12FIN2O5/c14-9-3-7(17-5-8(6-18)22-13(17)20)4-10(15)11(9)16-1-2-21-12(16)19/h3-4,8,18H,1-2,5-6H2/p+1/t8-/m1/s1. The molecule has 1 aromatic rings. The molecule has 9 heteroatoms. The Hall–Kier alpha value is -1.62. The van der Waals surface area contributed by atoms with Crippen LogP contribution in [0.15, 0.2) is 12.1 Å². The Bertz CT molecular complexity index is 618. The molecule has 2 amide bonds. The third kappa shape index (κ3) is 2.58. The minimum Gasteiger partial charge on any atom is -0.447 e. The number of cyclic esters (lactones) is 2. The Kier molecular flexibility index (Phi) is 4.08. The first-order valence-corrected chi connectivity index (χ1v) is 7.65. The van der Waals surface area contributed by atoms with Crippen LogP contribution in [0.3, 0.4) is 0 Å². The molecule has 0 aromatic heterocycles. The fourth-order valence-electron chi connectivity index (χ4n) is 2.40. The second-order valence-electron chi connectivity index (χ2n) is 4.84. The summed E-state index contributed by atoms with van der Waals surface area (Å²) in [5.41, 5.74) is 0.496. The van der Waals surface area contributed by atoms with Crippen molar-refractivity contribution in [3.8, 4) is 0 Å². The summed E-state index contributed by atoms with van der Waals surface area (Å²) in [5.74, 6) is -0.608. The zero-order valence-corrected chi connectivity index (χ0v) is 13.5. The van der Waals surface area contributed by atoms with Crippen molar-refractivity contribution in [2.45, 2.75) is 6.10 Å². The highest BCUT2D eigenvalue weighted by molar-refractivity contribution is 14.1. The lowest BCUT2D eigenvalue weighted by Crippen LogP contribution is -2.28. The van der Waals surface area contributed by atoms with E-state index in [1.165, 1.54) is 15.9 Å². The zero-order chi connectivity index (χ0) is 15.9. The SMILES string of the molecule is O=C1O[C@@H](C[OH2+])CN1c1cc(F)c(N2CCOC2=O)c(I)c1. The van der Waals surface area contributed by atoms with Gasteiger partial charge in [0.2, 0.25) is 0 Å². The summed E-state index contributed by atoms with van der Waals surface area (Å²) < 4.78 is 24.7. The Morgan fingerprint density at radius 1 is 1.32 bits per heavy atom. The quantitative estimate of drug-likeness (QED) is 0.545. The van der Waals surface area contributed by atoms with Crippen LogP contribution in [0.1, 0.15) is 0 Å². The number of nitrogens with zero attached hydrogens (tertiary/aromatic N) is 2. The van der Waals surface area contributed by atoms with Gasteiger partial charge in [-0.3, -0.25) is 9.80 Å². The number of ether oxygens (including phenoxy) is 2. The van der Waals surface area contributed by atoms with Crippen molar-refractivity contribution in [2.75, 3.05) is 36.1 Å². The van der Waals surface area contributed by atoms with Crippen LogP contribution < -0.4 is 9.80 Å². The molecule has 1 aromatic carbocycles. The molecule has 0 bridgehead atoms. The maximum Gasteiger partial charge on any atom is 0.415 e. The van der Waals surface area contributed by atoms with Crippen LogP contribution in [0, 0.1) is 9.39 Å². The molecule has 7 nitrogen and oxygen atoms in total. The molecule has 2 aliphatic rings. The summed E-state index contributed by atoms with van der Waals surface area (Å²) in [4.78, 5) is 25.9. The fourth-order valence-corrected chi connectivity index (χ4v) is 3.27. The molecule has 2 saturated heterocycles. The topological polar surface area (TPSA) is 82.0 Å². The van der Waals surface area contributed by atoms with Gasteiger partial charge in [0, 0.05) is 3.57 Å². The van der Waals surface area contributed by atoms with Gasteiger partial charge in [-0.25, -0.2) is 14.0 Å². The van der Waals surface area contributed by atoms with Crippen LogP contribution >= 0.6 is 22.6 Å². The number of benzene rings is 1. The third-order valence-corrected chi connectivity index (χ3v) is 4.27. The molecular weight excluding hydrogens is 410 g/mol. The van der Waals surface area contributed by atoms with Gasteiger partial charge in [0.1, 0.15) is 12.4 Å². The van der Waals surface area contributed by atoms with E-state index >= 15 is 0 Å². The lowest BCUT2D eigenvalue weighted by atomic mass is 10.2. The van der Waals surface area contributed by atoms with Crippen molar-refractivity contribution in [3.05, 3.63) is 21.5 Å². The molecule has 0 unspecified atom stereocenters. The summed E-state index contributed by atoms with van der Waals surface area (Å²) in [7, 11) is 0. The predicted octanol–water partition coefficient (Wildman–Crippen LogP) is 1.44. The largest absolute Gasteiger partial charge is 0.447 e. The molecule has 0 saturated carbocycles. The maximum absolute atomic E-state index is 14.4. The second kappa shape index (κ2) is 5.88. The number of anilines is 2. The molecule has 2 fully saturated rings. The van der Waals surface area contributed by atoms with Gasteiger partial charge >= 0.3 is 12.2 Å². The van der Waals surface area contributed by atoms with Crippen molar-refractivity contribution >= 4 is 46.2 Å². The number of carbonyl (C=O) groups excluding carboxylic acids is 2. The number of rotatable bonds is 3. The van der Waals surface area contributed by atoms with E-state index in [2.05, 4.69) is 0 Å². The first-order chi connectivity index (χ1) is 10.5. The van der Waals surface area contributed by atoms with Gasteiger partial charge in [-0.05, 0) is 34.7 Å². The van der Waals surface area contributed by atoms with Gasteiger partial charge in [0.05, 0.1) is 24.5 Å². The third-order valence-electron chi connectivity index (χ3n) is 3.45. The lowest BCUT2D eigenvalue weighted by molar-refractivity contribution is 0.0963. The number of hydrogen-bond acceptors (Lipinski definition) is 4. The van der Waals surface area contributed by atoms with Gasteiger partial charge in [-0.2, -0.15) is 0 Å². The number of amides is 2. The number of halogens is 2. The smallest absolute Gasteiger partial charge is 0.415 e. The van der Waals surface area contributed by atoms with Crippen LogP contribution in [-0.2, 0) is 9.47 Å². The zero-order valence-electron chi connectivity index (χ0n) is 11.3. The highest BCUT2D eigenvalue weighted by atomic mass is 127. The average Bonchev–Trinajstić information content (AvgIpc) is 3.04. The Labute approximate surface area is 138 Å². The molecule has 118 valence electrons. The summed E-state index contributed by atoms with van der Waals surface area (Å²) in [5, 5.41) is 7.26. The van der Waals surface area contributed by atoms with E-state index in [0.29, 0.717) is 9.26 Å². The van der Waals surface area contributed by atoms with Gasteiger partial charge < -0.3 is 14.6 Å². The molecule has 2 aliphatic heterocycles. The van der Waals surface area contributed by atoms with Crippen LogP contribution in [0.2, 0.25) is 0 Å². The van der Waals surface area contributed by atoms with E-state index in [4.69, 9.17) is 14.6 Å². The van der Waals surface area contributed by atoms with Gasteiger partial charge in [0.25, 0.3) is 0 Å². The minimum atomic E-state index is -0.608. The monoisotopic (exact) mass is 423 g/mol. The Morgan fingerprint density at radius 3 is 2.64 bits per heavy atom. The van der Waals surface area contributed by atoms with E-state index in [9.17, 15) is 14.0 Å². The molecule has 2 heterocycles. The first kappa shape index (κ1) is 15.3. The van der Waals surface area contributed by atoms with Crippen molar-refractivity contribution < 1.29 is 28.6 Å². The van der Waals surface area contributed by atoms with E-state index in [1.807, 2.05) is 22.6 Å². The van der Waals surface area contributed by atoms with Crippen molar-refractivity contribution in [3.63, 3.8) is 0 Å². The molecule has 1 atom stereocenters. The van der Waals surface area contributed by atoms with E-state index in [1.54, 1.807) is 6.07 Å². The summed E-state index contributed by atoms with van der Waals surface area (Å²) in [6.45, 7) is 0.681. The number of carbonyl (C=O) groups is 2. The van der Waals surface area contributed by atoms with Crippen LogP contribution in [0.25, 0.3) is 0 Å². The van der Waals surface area contributed by atoms with E-state index < -0.39 is 24.1 Å². The van der Waals surface area contributed by atoms with E-state index in [0.717, 1.165) is 0 Å². The molecule has 0 radical (unpaired) electrons. The normalized spacial score (nSPS) is 21.3. The van der Waals surface area contributed by atoms with Crippen LogP contribution in [0.5, 0.6) is 0 Å². The molecular formula is C13H13FIN2O5+. The fraction of sp³-hybridized carbons (Fsp3) is 0.385. The predicted molar refractivity (Wildman–Crippen MR) is 83.9 cm³/mol. The molecule has 2 N–H and O–H groups in total. The van der Waals surface area contributed by atoms with Crippen molar-refractivity contribution in [2.24, 2.45) is 0 Å². The first-order valence-electron chi connectivity index (χ1n) is 6.57. The maximum atomic E-state index is 14.4. The summed E-state index contributed by atoms with van der Waals surface area (Å²) in [6, 6.07) is 2.80. The van der Waals surface area contributed by atoms with E-state index in [-0.39, 0.29) is 32.0 Å². The Balaban J connectivity index is 1.93. The van der Waals surface area contributed by atoms with Crippen LogP contribution in [-0.4, -0.2) is 49.7 Å². The summed E-state index contributed by atoms with van der Waals surface area (Å²) >= 11 is 1.91. The van der Waals surface area contributed by atoms with Crippen LogP contribution in [0.4, 0.5) is 25.4 Å².